The van der Waals surface area contributed by atoms with Gasteiger partial charge in [0.25, 0.3) is 0 Å². The number of rotatable bonds is 5. The summed E-state index contributed by atoms with van der Waals surface area (Å²) in [5, 5.41) is 3.54. The van der Waals surface area contributed by atoms with E-state index >= 15 is 0 Å². The van der Waals surface area contributed by atoms with E-state index in [1.165, 1.54) is 15.3 Å². The highest BCUT2D eigenvalue weighted by Gasteiger charge is 2.17. The van der Waals surface area contributed by atoms with Crippen LogP contribution in [0.4, 0.5) is 4.39 Å². The lowest BCUT2D eigenvalue weighted by Crippen LogP contribution is -2.22. The molecule has 0 aliphatic carbocycles. The Hall–Kier alpha value is -1.19. The first-order valence-electron chi connectivity index (χ1n) is 7.08. The Balaban J connectivity index is 2.40. The van der Waals surface area contributed by atoms with Crippen LogP contribution in [-0.4, -0.2) is 6.54 Å². The molecule has 2 aromatic rings. The highest BCUT2D eigenvalue weighted by molar-refractivity contribution is 7.12. The standard InChI is InChI=1S/C17H22FNS/c1-5-6-19-17(16-9-12(3)13(4)20-16)14-7-11(2)8-15(18)10-14/h7-10,17,19H,5-6H2,1-4H3. The number of nitrogens with one attached hydrogen (secondary N) is 1. The minimum Gasteiger partial charge on any atom is -0.306 e. The summed E-state index contributed by atoms with van der Waals surface area (Å²) >= 11 is 1.79. The molecular formula is C17H22FNS. The highest BCUT2D eigenvalue weighted by atomic mass is 32.1. The number of aryl methyl sites for hydroxylation is 3. The van der Waals surface area contributed by atoms with E-state index in [2.05, 4.69) is 38.2 Å². The molecule has 1 heterocycles. The second kappa shape index (κ2) is 6.51. The van der Waals surface area contributed by atoms with Crippen molar-refractivity contribution in [2.45, 2.75) is 40.2 Å². The number of hydrogen-bond acceptors (Lipinski definition) is 2. The molecule has 0 spiro atoms. The predicted octanol–water partition coefficient (Wildman–Crippen LogP) is 4.90. The molecule has 0 radical (unpaired) electrons. The topological polar surface area (TPSA) is 12.0 Å². The third-order valence-corrected chi connectivity index (χ3v) is 4.68. The van der Waals surface area contributed by atoms with Crippen LogP contribution in [0.1, 0.15) is 45.8 Å². The fraction of sp³-hybridized carbons (Fsp3) is 0.412. The normalized spacial score (nSPS) is 12.7. The fourth-order valence-corrected chi connectivity index (χ4v) is 3.49. The van der Waals surface area contributed by atoms with E-state index in [0.717, 1.165) is 24.1 Å². The summed E-state index contributed by atoms with van der Waals surface area (Å²) in [4.78, 5) is 2.59. The van der Waals surface area contributed by atoms with Crippen molar-refractivity contribution in [3.05, 3.63) is 56.5 Å². The van der Waals surface area contributed by atoms with Crippen molar-refractivity contribution in [1.82, 2.24) is 5.32 Å². The second-order valence-corrected chi connectivity index (χ2v) is 6.62. The van der Waals surface area contributed by atoms with E-state index in [0.29, 0.717) is 0 Å². The molecule has 1 unspecified atom stereocenters. The van der Waals surface area contributed by atoms with Crippen molar-refractivity contribution in [1.29, 1.82) is 0 Å². The predicted molar refractivity (Wildman–Crippen MR) is 85.1 cm³/mol. The first-order chi connectivity index (χ1) is 9.51. The third kappa shape index (κ3) is 3.47. The molecule has 0 aliphatic rings. The third-order valence-electron chi connectivity index (χ3n) is 3.47. The van der Waals surface area contributed by atoms with Gasteiger partial charge in [0.1, 0.15) is 5.82 Å². The Bertz CT molecular complexity index is 549. The maximum absolute atomic E-state index is 13.7. The van der Waals surface area contributed by atoms with Gasteiger partial charge in [-0.05, 0) is 68.6 Å². The summed E-state index contributed by atoms with van der Waals surface area (Å²) in [7, 11) is 0. The zero-order valence-electron chi connectivity index (χ0n) is 12.6. The molecule has 1 N–H and O–H groups in total. The maximum Gasteiger partial charge on any atom is 0.123 e. The van der Waals surface area contributed by atoms with Crippen molar-refractivity contribution in [2.24, 2.45) is 0 Å². The quantitative estimate of drug-likeness (QED) is 0.826. The molecular weight excluding hydrogens is 269 g/mol. The molecule has 0 fully saturated rings. The van der Waals surface area contributed by atoms with Gasteiger partial charge in [-0.15, -0.1) is 11.3 Å². The Labute approximate surface area is 124 Å². The molecule has 1 aromatic heterocycles. The summed E-state index contributed by atoms with van der Waals surface area (Å²) in [6.07, 6.45) is 1.06. The van der Waals surface area contributed by atoms with Gasteiger partial charge < -0.3 is 5.32 Å². The summed E-state index contributed by atoms with van der Waals surface area (Å²) in [5.41, 5.74) is 3.28. The average Bonchev–Trinajstić information content (AvgIpc) is 2.69. The van der Waals surface area contributed by atoms with Gasteiger partial charge in [-0.3, -0.25) is 0 Å². The largest absolute Gasteiger partial charge is 0.306 e. The van der Waals surface area contributed by atoms with Gasteiger partial charge in [-0.1, -0.05) is 13.0 Å². The van der Waals surface area contributed by atoms with E-state index in [1.54, 1.807) is 23.5 Å². The molecule has 20 heavy (non-hydrogen) atoms. The lowest BCUT2D eigenvalue weighted by atomic mass is 10.0. The maximum atomic E-state index is 13.7. The first-order valence-corrected chi connectivity index (χ1v) is 7.90. The molecule has 0 bridgehead atoms. The number of thiophene rings is 1. The summed E-state index contributed by atoms with van der Waals surface area (Å²) in [6.45, 7) is 9.27. The van der Waals surface area contributed by atoms with Crippen molar-refractivity contribution < 1.29 is 4.39 Å². The van der Waals surface area contributed by atoms with E-state index in [1.807, 2.05) is 6.92 Å². The number of benzene rings is 1. The lowest BCUT2D eigenvalue weighted by molar-refractivity contribution is 0.590. The number of hydrogen-bond donors (Lipinski definition) is 1. The Kier molecular flexibility index (Phi) is 4.95. The van der Waals surface area contributed by atoms with E-state index < -0.39 is 0 Å². The smallest absolute Gasteiger partial charge is 0.123 e. The first kappa shape index (κ1) is 15.2. The van der Waals surface area contributed by atoms with Gasteiger partial charge in [0, 0.05) is 9.75 Å². The molecule has 0 saturated heterocycles. The second-order valence-electron chi connectivity index (χ2n) is 5.34. The van der Waals surface area contributed by atoms with Crippen LogP contribution in [-0.2, 0) is 0 Å². The van der Waals surface area contributed by atoms with E-state index in [-0.39, 0.29) is 11.9 Å². The summed E-state index contributed by atoms with van der Waals surface area (Å²) in [5.74, 6) is -0.159. The Morgan fingerprint density at radius 3 is 2.45 bits per heavy atom. The van der Waals surface area contributed by atoms with Crippen LogP contribution in [0, 0.1) is 26.6 Å². The van der Waals surface area contributed by atoms with Crippen LogP contribution < -0.4 is 5.32 Å². The summed E-state index contributed by atoms with van der Waals surface area (Å²) < 4.78 is 13.7. The van der Waals surface area contributed by atoms with Gasteiger partial charge in [-0.2, -0.15) is 0 Å². The molecule has 2 rings (SSSR count). The molecule has 0 saturated carbocycles. The van der Waals surface area contributed by atoms with Gasteiger partial charge in [0.05, 0.1) is 6.04 Å². The van der Waals surface area contributed by atoms with Crippen LogP contribution in [0.2, 0.25) is 0 Å². The number of halogens is 1. The van der Waals surface area contributed by atoms with Crippen molar-refractivity contribution in [2.75, 3.05) is 6.54 Å². The van der Waals surface area contributed by atoms with Gasteiger partial charge in [0.2, 0.25) is 0 Å². The lowest BCUT2D eigenvalue weighted by Gasteiger charge is -2.18. The molecule has 1 aromatic carbocycles. The molecule has 0 amide bonds. The van der Waals surface area contributed by atoms with Gasteiger partial charge in [0.15, 0.2) is 0 Å². The SMILES string of the molecule is CCCNC(c1cc(C)cc(F)c1)c1cc(C)c(C)s1. The monoisotopic (exact) mass is 291 g/mol. The molecule has 3 heteroatoms. The van der Waals surface area contributed by atoms with E-state index in [9.17, 15) is 4.39 Å². The minimum atomic E-state index is -0.159. The van der Waals surface area contributed by atoms with Crippen LogP contribution >= 0.6 is 11.3 Å². The zero-order chi connectivity index (χ0) is 14.7. The van der Waals surface area contributed by atoms with Crippen LogP contribution in [0.3, 0.4) is 0 Å². The van der Waals surface area contributed by atoms with Crippen LogP contribution in [0.25, 0.3) is 0 Å². The molecule has 0 aliphatic heterocycles. The highest BCUT2D eigenvalue weighted by Crippen LogP contribution is 2.31. The minimum absolute atomic E-state index is 0.0850. The molecule has 108 valence electrons. The van der Waals surface area contributed by atoms with Crippen molar-refractivity contribution >= 4 is 11.3 Å². The molecule has 1 atom stereocenters. The Morgan fingerprint density at radius 1 is 1.15 bits per heavy atom. The van der Waals surface area contributed by atoms with Gasteiger partial charge in [-0.25, -0.2) is 4.39 Å². The van der Waals surface area contributed by atoms with Crippen molar-refractivity contribution in [3.63, 3.8) is 0 Å². The average molecular weight is 291 g/mol. The molecule has 1 nitrogen and oxygen atoms in total. The summed E-state index contributed by atoms with van der Waals surface area (Å²) in [6, 6.07) is 7.59. The zero-order valence-corrected chi connectivity index (χ0v) is 13.4. The van der Waals surface area contributed by atoms with Crippen LogP contribution in [0.15, 0.2) is 24.3 Å². The van der Waals surface area contributed by atoms with Gasteiger partial charge >= 0.3 is 0 Å². The fourth-order valence-electron chi connectivity index (χ4n) is 2.35. The van der Waals surface area contributed by atoms with Crippen molar-refractivity contribution in [3.8, 4) is 0 Å². The Morgan fingerprint density at radius 2 is 1.90 bits per heavy atom. The van der Waals surface area contributed by atoms with Crippen LogP contribution in [0.5, 0.6) is 0 Å². The van der Waals surface area contributed by atoms with E-state index in [4.69, 9.17) is 0 Å².